The maximum atomic E-state index is 14.1. The van der Waals surface area contributed by atoms with E-state index in [0.717, 1.165) is 5.56 Å². The molecule has 0 saturated carbocycles. The highest BCUT2D eigenvalue weighted by molar-refractivity contribution is 6.31. The molecule has 2 rings (SSSR count). The monoisotopic (exact) mass is 308 g/mol. The molecule has 0 amide bonds. The Morgan fingerprint density at radius 2 is 1.86 bits per heavy atom. The molecule has 0 aliphatic carbocycles. The lowest BCUT2D eigenvalue weighted by Crippen LogP contribution is -2.30. The molecule has 0 aliphatic heterocycles. The molecule has 21 heavy (non-hydrogen) atoms. The largest absolute Gasteiger partial charge is 0.491 e. The maximum Gasteiger partial charge on any atom is 0.129 e. The van der Waals surface area contributed by atoms with Crippen LogP contribution in [0.3, 0.4) is 0 Å². The molecule has 0 heterocycles. The fraction of sp³-hybridized carbons (Fsp3) is 0.250. The van der Waals surface area contributed by atoms with E-state index in [1.807, 2.05) is 38.1 Å². The van der Waals surface area contributed by atoms with Crippen LogP contribution >= 0.6 is 11.6 Å². The van der Waals surface area contributed by atoms with Crippen molar-refractivity contribution in [1.29, 1.82) is 0 Å². The van der Waals surface area contributed by atoms with Gasteiger partial charge in [-0.1, -0.05) is 35.9 Å². The van der Waals surface area contributed by atoms with Gasteiger partial charge in [0.05, 0.1) is 12.1 Å². The summed E-state index contributed by atoms with van der Waals surface area (Å²) in [5, 5.41) is 0.317. The van der Waals surface area contributed by atoms with Gasteiger partial charge >= 0.3 is 0 Å². The van der Waals surface area contributed by atoms with E-state index < -0.39 is 11.9 Å². The van der Waals surface area contributed by atoms with Crippen molar-refractivity contribution in [3.8, 4) is 5.75 Å². The van der Waals surface area contributed by atoms with Gasteiger partial charge in [-0.15, -0.1) is 0 Å². The van der Waals surface area contributed by atoms with Crippen molar-refractivity contribution in [3.63, 3.8) is 0 Å². The molecule has 0 saturated heterocycles. The number of hydrogen-bond donors (Lipinski definition) is 2. The van der Waals surface area contributed by atoms with Gasteiger partial charge in [0.1, 0.15) is 11.6 Å². The molecular formula is C16H18ClFN2O. The summed E-state index contributed by atoms with van der Waals surface area (Å²) >= 11 is 6.13. The van der Waals surface area contributed by atoms with Gasteiger partial charge in [-0.25, -0.2) is 9.82 Å². The van der Waals surface area contributed by atoms with Crippen molar-refractivity contribution in [3.05, 3.63) is 64.4 Å². The number of para-hydroxylation sites is 1. The first-order valence-corrected chi connectivity index (χ1v) is 7.08. The van der Waals surface area contributed by atoms with E-state index in [4.69, 9.17) is 22.2 Å². The molecule has 112 valence electrons. The molecule has 1 unspecified atom stereocenters. The van der Waals surface area contributed by atoms with Crippen LogP contribution in [-0.2, 0) is 0 Å². The zero-order chi connectivity index (χ0) is 15.4. The van der Waals surface area contributed by atoms with Gasteiger partial charge in [-0.3, -0.25) is 5.84 Å². The first-order valence-electron chi connectivity index (χ1n) is 6.70. The lowest BCUT2D eigenvalue weighted by molar-refractivity contribution is 0.238. The lowest BCUT2D eigenvalue weighted by atomic mass is 9.97. The van der Waals surface area contributed by atoms with Crippen molar-refractivity contribution in [2.24, 2.45) is 5.84 Å². The Labute approximate surface area is 128 Å². The second-order valence-corrected chi connectivity index (χ2v) is 5.35. The number of hydrazine groups is 1. The Morgan fingerprint density at radius 3 is 2.48 bits per heavy atom. The minimum Gasteiger partial charge on any atom is -0.491 e. The normalized spacial score (nSPS) is 12.5. The van der Waals surface area contributed by atoms with E-state index in [1.165, 1.54) is 6.07 Å². The molecule has 5 heteroatoms. The average Bonchev–Trinajstić information content (AvgIpc) is 2.43. The van der Waals surface area contributed by atoms with Crippen LogP contribution < -0.4 is 16.0 Å². The fourth-order valence-electron chi connectivity index (χ4n) is 2.20. The van der Waals surface area contributed by atoms with Crippen LogP contribution in [-0.4, -0.2) is 6.10 Å². The number of nitrogens with two attached hydrogens (primary N) is 1. The van der Waals surface area contributed by atoms with Gasteiger partial charge in [0.2, 0.25) is 0 Å². The van der Waals surface area contributed by atoms with Gasteiger partial charge in [0.25, 0.3) is 0 Å². The van der Waals surface area contributed by atoms with Crippen molar-refractivity contribution in [2.75, 3.05) is 0 Å². The highest BCUT2D eigenvalue weighted by Gasteiger charge is 2.23. The third-order valence-corrected chi connectivity index (χ3v) is 3.38. The van der Waals surface area contributed by atoms with Gasteiger partial charge in [0, 0.05) is 16.1 Å². The van der Waals surface area contributed by atoms with Gasteiger partial charge in [-0.2, -0.15) is 0 Å². The molecule has 0 aromatic heterocycles. The lowest BCUT2D eigenvalue weighted by Gasteiger charge is -2.22. The molecule has 1 atom stereocenters. The zero-order valence-corrected chi connectivity index (χ0v) is 12.7. The zero-order valence-electron chi connectivity index (χ0n) is 11.9. The van der Waals surface area contributed by atoms with Crippen LogP contribution in [0.5, 0.6) is 5.75 Å². The predicted molar refractivity (Wildman–Crippen MR) is 82.8 cm³/mol. The van der Waals surface area contributed by atoms with Crippen LogP contribution in [0.4, 0.5) is 4.39 Å². The van der Waals surface area contributed by atoms with E-state index in [9.17, 15) is 4.39 Å². The van der Waals surface area contributed by atoms with Crippen LogP contribution in [0, 0.1) is 5.82 Å². The summed E-state index contributed by atoms with van der Waals surface area (Å²) in [4.78, 5) is 0. The second kappa shape index (κ2) is 6.89. The molecule has 2 aromatic carbocycles. The van der Waals surface area contributed by atoms with Crippen molar-refractivity contribution in [2.45, 2.75) is 26.0 Å². The number of rotatable bonds is 5. The highest BCUT2D eigenvalue weighted by Crippen LogP contribution is 2.34. The summed E-state index contributed by atoms with van der Waals surface area (Å²) in [6.07, 6.45) is 0.000617. The standard InChI is InChI=1S/C16H18ClFN2O/c1-10(2)21-14-9-4-3-6-11(14)16(20-19)15-12(17)7-5-8-13(15)18/h3-10,16,20H,19H2,1-2H3. The topological polar surface area (TPSA) is 47.3 Å². The third-order valence-electron chi connectivity index (χ3n) is 3.05. The fourth-order valence-corrected chi connectivity index (χ4v) is 2.47. The molecule has 3 nitrogen and oxygen atoms in total. The van der Waals surface area contributed by atoms with E-state index in [-0.39, 0.29) is 6.10 Å². The first-order chi connectivity index (χ1) is 10.0. The minimum atomic E-state index is -0.589. The van der Waals surface area contributed by atoms with Gasteiger partial charge in [-0.05, 0) is 32.0 Å². The third kappa shape index (κ3) is 3.53. The summed E-state index contributed by atoms with van der Waals surface area (Å²) in [6, 6.07) is 11.3. The summed E-state index contributed by atoms with van der Waals surface area (Å²) in [6.45, 7) is 3.86. The Hall–Kier alpha value is -1.62. The second-order valence-electron chi connectivity index (χ2n) is 4.94. The van der Waals surface area contributed by atoms with Gasteiger partial charge < -0.3 is 4.74 Å². The SMILES string of the molecule is CC(C)Oc1ccccc1C(NN)c1c(F)cccc1Cl. The Kier molecular flexibility index (Phi) is 5.17. The minimum absolute atomic E-state index is 0.000617. The highest BCUT2D eigenvalue weighted by atomic mass is 35.5. The number of ether oxygens (including phenoxy) is 1. The van der Waals surface area contributed by atoms with Crippen LogP contribution in [0.2, 0.25) is 5.02 Å². The number of halogens is 2. The molecule has 0 radical (unpaired) electrons. The summed E-state index contributed by atoms with van der Waals surface area (Å²) in [7, 11) is 0. The number of benzene rings is 2. The van der Waals surface area contributed by atoms with Crippen molar-refractivity contribution >= 4 is 11.6 Å². The molecule has 0 fully saturated rings. The Balaban J connectivity index is 2.52. The van der Waals surface area contributed by atoms with Crippen molar-refractivity contribution in [1.82, 2.24) is 5.43 Å². The van der Waals surface area contributed by atoms with Crippen molar-refractivity contribution < 1.29 is 9.13 Å². The van der Waals surface area contributed by atoms with E-state index in [0.29, 0.717) is 16.3 Å². The molecular weight excluding hydrogens is 291 g/mol. The summed E-state index contributed by atoms with van der Waals surface area (Å²) < 4.78 is 19.9. The Bertz CT molecular complexity index is 599. The average molecular weight is 309 g/mol. The Morgan fingerprint density at radius 1 is 1.14 bits per heavy atom. The first kappa shape index (κ1) is 15.8. The predicted octanol–water partition coefficient (Wildman–Crippen LogP) is 3.82. The quantitative estimate of drug-likeness (QED) is 0.652. The molecule has 0 aliphatic rings. The molecule has 3 N–H and O–H groups in total. The molecule has 0 bridgehead atoms. The summed E-state index contributed by atoms with van der Waals surface area (Å²) in [5.41, 5.74) is 3.67. The smallest absolute Gasteiger partial charge is 0.129 e. The maximum absolute atomic E-state index is 14.1. The van der Waals surface area contributed by atoms with Gasteiger partial charge in [0.15, 0.2) is 0 Å². The van der Waals surface area contributed by atoms with Crippen LogP contribution in [0.25, 0.3) is 0 Å². The van der Waals surface area contributed by atoms with E-state index in [2.05, 4.69) is 5.43 Å². The molecule has 2 aromatic rings. The van der Waals surface area contributed by atoms with E-state index >= 15 is 0 Å². The van der Waals surface area contributed by atoms with Crippen LogP contribution in [0.1, 0.15) is 31.0 Å². The summed E-state index contributed by atoms with van der Waals surface area (Å²) in [5.74, 6) is 5.88. The van der Waals surface area contributed by atoms with Crippen LogP contribution in [0.15, 0.2) is 42.5 Å². The number of nitrogens with one attached hydrogen (secondary N) is 1. The molecule has 0 spiro atoms. The number of hydrogen-bond acceptors (Lipinski definition) is 3. The van der Waals surface area contributed by atoms with E-state index in [1.54, 1.807) is 12.1 Å².